The lowest BCUT2D eigenvalue weighted by Gasteiger charge is -2.34. The molecule has 1 saturated carbocycles. The van der Waals surface area contributed by atoms with Crippen molar-refractivity contribution in [2.45, 2.75) is 56.9 Å². The van der Waals surface area contributed by atoms with Gasteiger partial charge in [0.1, 0.15) is 10.6 Å². The van der Waals surface area contributed by atoms with Crippen LogP contribution < -0.4 is 10.1 Å². The van der Waals surface area contributed by atoms with Gasteiger partial charge in [0.15, 0.2) is 0 Å². The van der Waals surface area contributed by atoms with E-state index in [-0.39, 0.29) is 22.6 Å². The number of benzene rings is 1. The van der Waals surface area contributed by atoms with Crippen molar-refractivity contribution in [1.29, 1.82) is 0 Å². The molecule has 7 heteroatoms. The summed E-state index contributed by atoms with van der Waals surface area (Å²) in [5.41, 5.74) is 0.360. The van der Waals surface area contributed by atoms with Gasteiger partial charge in [0, 0.05) is 24.7 Å². The Kier molecular flexibility index (Phi) is 6.11. The Bertz CT molecular complexity index is 787. The van der Waals surface area contributed by atoms with Crippen molar-refractivity contribution in [2.24, 2.45) is 11.8 Å². The topological polar surface area (TPSA) is 75.7 Å². The Labute approximate surface area is 162 Å². The van der Waals surface area contributed by atoms with E-state index in [4.69, 9.17) is 4.74 Å². The van der Waals surface area contributed by atoms with Gasteiger partial charge < -0.3 is 10.1 Å². The first-order valence-corrected chi connectivity index (χ1v) is 11.3. The first-order valence-electron chi connectivity index (χ1n) is 9.83. The molecule has 1 N–H and O–H groups in total. The van der Waals surface area contributed by atoms with Crippen LogP contribution in [-0.4, -0.2) is 44.9 Å². The average Bonchev–Trinajstić information content (AvgIpc) is 3.20. The van der Waals surface area contributed by atoms with Crippen LogP contribution in [0.15, 0.2) is 23.1 Å². The highest BCUT2D eigenvalue weighted by atomic mass is 32.2. The van der Waals surface area contributed by atoms with E-state index >= 15 is 0 Å². The van der Waals surface area contributed by atoms with Crippen molar-refractivity contribution in [1.82, 2.24) is 9.62 Å². The van der Waals surface area contributed by atoms with Crippen LogP contribution in [0.3, 0.4) is 0 Å². The summed E-state index contributed by atoms with van der Waals surface area (Å²) >= 11 is 0. The fourth-order valence-electron chi connectivity index (χ4n) is 4.12. The predicted molar refractivity (Wildman–Crippen MR) is 104 cm³/mol. The van der Waals surface area contributed by atoms with Gasteiger partial charge >= 0.3 is 0 Å². The first-order chi connectivity index (χ1) is 12.8. The number of nitrogens with one attached hydrogen (secondary N) is 1. The second-order valence-electron chi connectivity index (χ2n) is 7.82. The number of carbonyl (C=O) groups excluding carboxylic acids is 1. The summed E-state index contributed by atoms with van der Waals surface area (Å²) in [6, 6.07) is 4.79. The highest BCUT2D eigenvalue weighted by molar-refractivity contribution is 7.89. The molecule has 3 atom stereocenters. The van der Waals surface area contributed by atoms with Gasteiger partial charge in [-0.3, -0.25) is 4.79 Å². The highest BCUT2D eigenvalue weighted by Gasteiger charge is 2.32. The molecular formula is C20H30N2O4S. The molecule has 1 aliphatic carbocycles. The molecule has 0 radical (unpaired) electrons. The second kappa shape index (κ2) is 8.19. The van der Waals surface area contributed by atoms with Crippen LogP contribution in [-0.2, 0) is 10.0 Å². The average molecular weight is 395 g/mol. The van der Waals surface area contributed by atoms with E-state index in [0.29, 0.717) is 30.5 Å². The molecule has 27 heavy (non-hydrogen) atoms. The van der Waals surface area contributed by atoms with Gasteiger partial charge in [-0.25, -0.2) is 8.42 Å². The normalized spacial score (nSPS) is 26.7. The maximum absolute atomic E-state index is 13.0. The SMILES string of the molecule is COc1ccc(C(=O)NC2CCCC(C)C2C)cc1S(=O)(=O)N1CCCC1. The molecule has 2 aliphatic rings. The number of methoxy groups -OCH3 is 1. The number of rotatable bonds is 5. The number of carbonyl (C=O) groups is 1. The fraction of sp³-hybridized carbons (Fsp3) is 0.650. The quantitative estimate of drug-likeness (QED) is 0.833. The maximum Gasteiger partial charge on any atom is 0.251 e. The summed E-state index contributed by atoms with van der Waals surface area (Å²) in [4.78, 5) is 12.9. The molecule has 0 bridgehead atoms. The van der Waals surface area contributed by atoms with E-state index < -0.39 is 10.0 Å². The molecule has 1 saturated heterocycles. The lowest BCUT2D eigenvalue weighted by molar-refractivity contribution is 0.0891. The Morgan fingerprint density at radius 1 is 1.15 bits per heavy atom. The number of hydrogen-bond acceptors (Lipinski definition) is 4. The summed E-state index contributed by atoms with van der Waals surface area (Å²) in [5.74, 6) is 1.04. The monoisotopic (exact) mass is 394 g/mol. The summed E-state index contributed by atoms with van der Waals surface area (Å²) in [6.45, 7) is 5.42. The van der Waals surface area contributed by atoms with Crippen LogP contribution >= 0.6 is 0 Å². The minimum Gasteiger partial charge on any atom is -0.495 e. The molecule has 1 amide bonds. The van der Waals surface area contributed by atoms with E-state index in [1.165, 1.54) is 23.9 Å². The van der Waals surface area contributed by atoms with Gasteiger partial charge in [-0.1, -0.05) is 26.7 Å². The third-order valence-corrected chi connectivity index (χ3v) is 8.05. The number of nitrogens with zero attached hydrogens (tertiary/aromatic N) is 1. The molecule has 2 fully saturated rings. The molecule has 0 spiro atoms. The van der Waals surface area contributed by atoms with E-state index in [2.05, 4.69) is 19.2 Å². The summed E-state index contributed by atoms with van der Waals surface area (Å²) < 4.78 is 32.7. The molecule has 150 valence electrons. The van der Waals surface area contributed by atoms with Crippen LogP contribution in [0.25, 0.3) is 0 Å². The zero-order chi connectivity index (χ0) is 19.6. The van der Waals surface area contributed by atoms with Crippen molar-refractivity contribution >= 4 is 15.9 Å². The number of amides is 1. The van der Waals surface area contributed by atoms with E-state index in [0.717, 1.165) is 25.7 Å². The summed E-state index contributed by atoms with van der Waals surface area (Å²) in [7, 11) is -2.21. The van der Waals surface area contributed by atoms with Crippen molar-refractivity contribution in [3.8, 4) is 5.75 Å². The smallest absolute Gasteiger partial charge is 0.251 e. The lowest BCUT2D eigenvalue weighted by Crippen LogP contribution is -2.43. The van der Waals surface area contributed by atoms with Gasteiger partial charge in [0.25, 0.3) is 5.91 Å². The molecule has 1 aromatic rings. The number of ether oxygens (including phenoxy) is 1. The minimum absolute atomic E-state index is 0.0737. The number of hydrogen-bond donors (Lipinski definition) is 1. The zero-order valence-electron chi connectivity index (χ0n) is 16.4. The molecular weight excluding hydrogens is 364 g/mol. The van der Waals surface area contributed by atoms with Gasteiger partial charge in [0.2, 0.25) is 10.0 Å². The Morgan fingerprint density at radius 2 is 1.85 bits per heavy atom. The molecule has 1 heterocycles. The predicted octanol–water partition coefficient (Wildman–Crippen LogP) is 3.03. The van der Waals surface area contributed by atoms with Crippen molar-refractivity contribution in [3.05, 3.63) is 23.8 Å². The van der Waals surface area contributed by atoms with Crippen molar-refractivity contribution in [3.63, 3.8) is 0 Å². The van der Waals surface area contributed by atoms with Crippen LogP contribution in [0.4, 0.5) is 0 Å². The van der Waals surface area contributed by atoms with Crippen LogP contribution in [0.2, 0.25) is 0 Å². The number of sulfonamides is 1. The van der Waals surface area contributed by atoms with Gasteiger partial charge in [-0.2, -0.15) is 4.31 Å². The first kappa shape index (κ1) is 20.1. The van der Waals surface area contributed by atoms with Crippen molar-refractivity contribution < 1.29 is 17.9 Å². The van der Waals surface area contributed by atoms with Crippen LogP contribution in [0.1, 0.15) is 56.3 Å². The molecule has 1 aliphatic heterocycles. The molecule has 3 rings (SSSR count). The zero-order valence-corrected chi connectivity index (χ0v) is 17.2. The standard InChI is InChI=1S/C20H30N2O4S/c1-14-7-6-8-17(15(14)2)21-20(23)16-9-10-18(26-3)19(13-16)27(24,25)22-11-4-5-12-22/h9-10,13-15,17H,4-8,11-12H2,1-3H3,(H,21,23). The third kappa shape index (κ3) is 4.14. The van der Waals surface area contributed by atoms with E-state index in [9.17, 15) is 13.2 Å². The molecule has 0 aromatic heterocycles. The highest BCUT2D eigenvalue weighted by Crippen LogP contribution is 2.31. The Hall–Kier alpha value is -1.60. The Morgan fingerprint density at radius 3 is 2.52 bits per heavy atom. The van der Waals surface area contributed by atoms with Crippen LogP contribution in [0, 0.1) is 11.8 Å². The van der Waals surface area contributed by atoms with E-state index in [1.54, 1.807) is 12.1 Å². The van der Waals surface area contributed by atoms with E-state index in [1.807, 2.05) is 0 Å². The summed E-state index contributed by atoms with van der Waals surface area (Å²) in [6.07, 6.45) is 4.98. The van der Waals surface area contributed by atoms with Crippen LogP contribution in [0.5, 0.6) is 5.75 Å². The minimum atomic E-state index is -3.66. The molecule has 6 nitrogen and oxygen atoms in total. The molecule has 3 unspecified atom stereocenters. The molecule has 1 aromatic carbocycles. The largest absolute Gasteiger partial charge is 0.495 e. The third-order valence-electron chi connectivity index (χ3n) is 6.13. The van der Waals surface area contributed by atoms with Gasteiger partial charge in [-0.05, 0) is 49.3 Å². The fourth-order valence-corrected chi connectivity index (χ4v) is 5.82. The summed E-state index contributed by atoms with van der Waals surface area (Å²) in [5, 5.41) is 3.11. The lowest BCUT2D eigenvalue weighted by atomic mass is 9.78. The maximum atomic E-state index is 13.0. The van der Waals surface area contributed by atoms with Gasteiger partial charge in [0.05, 0.1) is 7.11 Å². The second-order valence-corrected chi connectivity index (χ2v) is 9.73. The van der Waals surface area contributed by atoms with Crippen molar-refractivity contribution in [2.75, 3.05) is 20.2 Å². The Balaban J connectivity index is 1.85. The van der Waals surface area contributed by atoms with Gasteiger partial charge in [-0.15, -0.1) is 0 Å².